The third kappa shape index (κ3) is 2.71. The van der Waals surface area contributed by atoms with Crippen molar-refractivity contribution in [3.05, 3.63) is 60.7 Å². The molecule has 0 aromatic carbocycles. The minimum Gasteiger partial charge on any atom is -0.468 e. The highest BCUT2D eigenvalue weighted by atomic mass is 32.2. The normalized spacial score (nSPS) is 10.8. The summed E-state index contributed by atoms with van der Waals surface area (Å²) in [5.41, 5.74) is 1.19. The molecule has 0 spiro atoms. The Bertz CT molecular complexity index is 644. The minimum absolute atomic E-state index is 0.880. The van der Waals surface area contributed by atoms with Crippen molar-refractivity contribution in [2.45, 2.75) is 17.6 Å². The molecule has 4 nitrogen and oxygen atoms in total. The number of aryl methyl sites for hydroxylation is 1. The summed E-state index contributed by atoms with van der Waals surface area (Å²) in [6.45, 7) is 1.97. The second-order valence-corrected chi connectivity index (χ2v) is 5.14. The Morgan fingerprint density at radius 2 is 2.26 bits per heavy atom. The van der Waals surface area contributed by atoms with Crippen LogP contribution in [0.4, 0.5) is 0 Å². The van der Waals surface area contributed by atoms with Gasteiger partial charge in [-0.05, 0) is 24.6 Å². The van der Waals surface area contributed by atoms with Gasteiger partial charge >= 0.3 is 0 Å². The van der Waals surface area contributed by atoms with Crippen molar-refractivity contribution in [2.75, 3.05) is 0 Å². The fourth-order valence-electron chi connectivity index (χ4n) is 1.73. The molecule has 5 heteroatoms. The van der Waals surface area contributed by atoms with Gasteiger partial charge < -0.3 is 4.42 Å². The summed E-state index contributed by atoms with van der Waals surface area (Å²) in [5.74, 6) is 2.73. The van der Waals surface area contributed by atoms with Crippen LogP contribution >= 0.6 is 11.8 Å². The van der Waals surface area contributed by atoms with Crippen LogP contribution in [-0.4, -0.2) is 14.5 Å². The summed E-state index contributed by atoms with van der Waals surface area (Å²) in [6, 6.07) is 6.08. The highest BCUT2D eigenvalue weighted by Crippen LogP contribution is 2.26. The zero-order valence-corrected chi connectivity index (χ0v) is 11.3. The first kappa shape index (κ1) is 12.0. The molecule has 0 N–H and O–H groups in total. The van der Waals surface area contributed by atoms with E-state index in [1.54, 1.807) is 30.5 Å². The third-order valence-corrected chi connectivity index (χ3v) is 4.00. The maximum Gasteiger partial charge on any atom is 0.137 e. The average Bonchev–Trinajstić information content (AvgIpc) is 3.09. The number of furan rings is 1. The molecule has 96 valence electrons. The van der Waals surface area contributed by atoms with Gasteiger partial charge in [-0.15, -0.1) is 11.8 Å². The SMILES string of the molecule is Cc1occc1SCc1ccc(-n2ccnc2)nc1. The van der Waals surface area contributed by atoms with Crippen molar-refractivity contribution < 1.29 is 4.42 Å². The van der Waals surface area contributed by atoms with E-state index in [4.69, 9.17) is 4.42 Å². The van der Waals surface area contributed by atoms with E-state index in [0.29, 0.717) is 0 Å². The van der Waals surface area contributed by atoms with E-state index < -0.39 is 0 Å². The predicted octanol–water partition coefficient (Wildman–Crippen LogP) is 3.46. The van der Waals surface area contributed by atoms with Gasteiger partial charge in [-0.2, -0.15) is 0 Å². The highest BCUT2D eigenvalue weighted by molar-refractivity contribution is 7.98. The molecule has 0 aliphatic heterocycles. The van der Waals surface area contributed by atoms with Crippen molar-refractivity contribution in [3.8, 4) is 5.82 Å². The van der Waals surface area contributed by atoms with E-state index in [1.165, 1.54) is 10.5 Å². The third-order valence-electron chi connectivity index (χ3n) is 2.78. The Balaban J connectivity index is 1.68. The van der Waals surface area contributed by atoms with Crippen LogP contribution in [-0.2, 0) is 5.75 Å². The van der Waals surface area contributed by atoms with Crippen molar-refractivity contribution in [1.29, 1.82) is 0 Å². The zero-order chi connectivity index (χ0) is 13.1. The summed E-state index contributed by atoms with van der Waals surface area (Å²) < 4.78 is 7.16. The van der Waals surface area contributed by atoms with Gasteiger partial charge in [0.05, 0.1) is 6.26 Å². The van der Waals surface area contributed by atoms with E-state index in [9.17, 15) is 0 Å². The molecule has 0 fully saturated rings. The number of hydrogen-bond acceptors (Lipinski definition) is 4. The number of nitrogens with zero attached hydrogens (tertiary/aromatic N) is 3. The zero-order valence-electron chi connectivity index (χ0n) is 10.5. The van der Waals surface area contributed by atoms with Crippen molar-refractivity contribution >= 4 is 11.8 Å². The van der Waals surface area contributed by atoms with Crippen molar-refractivity contribution in [1.82, 2.24) is 14.5 Å². The van der Waals surface area contributed by atoms with Gasteiger partial charge in [-0.3, -0.25) is 4.57 Å². The second kappa shape index (κ2) is 5.32. The molecule has 0 amide bonds. The lowest BCUT2D eigenvalue weighted by Crippen LogP contribution is -1.94. The Kier molecular flexibility index (Phi) is 3.37. The topological polar surface area (TPSA) is 43.9 Å². The Morgan fingerprint density at radius 3 is 2.89 bits per heavy atom. The molecule has 0 saturated heterocycles. The van der Waals surface area contributed by atoms with Crippen molar-refractivity contribution in [3.63, 3.8) is 0 Å². The second-order valence-electron chi connectivity index (χ2n) is 4.12. The molecular weight excluding hydrogens is 258 g/mol. The van der Waals surface area contributed by atoms with E-state index >= 15 is 0 Å². The molecule has 3 aromatic rings. The fourth-order valence-corrected chi connectivity index (χ4v) is 2.63. The fraction of sp³-hybridized carbons (Fsp3) is 0.143. The highest BCUT2D eigenvalue weighted by Gasteiger charge is 2.03. The molecule has 0 unspecified atom stereocenters. The first-order valence-electron chi connectivity index (χ1n) is 5.93. The monoisotopic (exact) mass is 271 g/mol. The van der Waals surface area contributed by atoms with Crippen LogP contribution < -0.4 is 0 Å². The first-order chi connectivity index (χ1) is 9.33. The van der Waals surface area contributed by atoms with Gasteiger partial charge in [-0.25, -0.2) is 9.97 Å². The number of rotatable bonds is 4. The Hall–Kier alpha value is -2.01. The summed E-state index contributed by atoms with van der Waals surface area (Å²) in [6.07, 6.45) is 8.99. The molecule has 3 rings (SSSR count). The number of aromatic nitrogens is 3. The van der Waals surface area contributed by atoms with Crippen LogP contribution in [0.5, 0.6) is 0 Å². The van der Waals surface area contributed by atoms with Gasteiger partial charge in [0.15, 0.2) is 0 Å². The number of pyridine rings is 1. The smallest absolute Gasteiger partial charge is 0.137 e. The number of thioether (sulfide) groups is 1. The lowest BCUT2D eigenvalue weighted by Gasteiger charge is -2.03. The molecule has 19 heavy (non-hydrogen) atoms. The largest absolute Gasteiger partial charge is 0.468 e. The first-order valence-corrected chi connectivity index (χ1v) is 6.91. The quantitative estimate of drug-likeness (QED) is 0.682. The average molecular weight is 271 g/mol. The maximum absolute atomic E-state index is 5.27. The van der Waals surface area contributed by atoms with Crippen molar-refractivity contribution in [2.24, 2.45) is 0 Å². The summed E-state index contributed by atoms with van der Waals surface area (Å²) in [7, 11) is 0. The van der Waals surface area contributed by atoms with Gasteiger partial charge in [0.25, 0.3) is 0 Å². The molecule has 0 atom stereocenters. The Labute approximate surface area is 115 Å². The van der Waals surface area contributed by atoms with E-state index in [1.807, 2.05) is 36.0 Å². The number of hydrogen-bond donors (Lipinski definition) is 0. The standard InChI is InChI=1S/C14H13N3OS/c1-11-13(4-7-18-11)19-9-12-2-3-14(16-8-12)17-6-5-15-10-17/h2-8,10H,9H2,1H3. The lowest BCUT2D eigenvalue weighted by molar-refractivity contribution is 0.527. The van der Waals surface area contributed by atoms with Gasteiger partial charge in [-0.1, -0.05) is 6.07 Å². The molecule has 3 heterocycles. The van der Waals surface area contributed by atoms with Crippen LogP contribution in [0.25, 0.3) is 5.82 Å². The molecule has 3 aromatic heterocycles. The van der Waals surface area contributed by atoms with Crippen LogP contribution in [0.3, 0.4) is 0 Å². The molecule has 0 radical (unpaired) electrons. The van der Waals surface area contributed by atoms with Crippen LogP contribution in [0.15, 0.2) is 58.7 Å². The molecular formula is C14H13N3OS. The summed E-state index contributed by atoms with van der Waals surface area (Å²) >= 11 is 1.76. The number of imidazole rings is 1. The molecule has 0 aliphatic rings. The minimum atomic E-state index is 0.880. The lowest BCUT2D eigenvalue weighted by atomic mass is 10.3. The molecule has 0 saturated carbocycles. The van der Waals surface area contributed by atoms with Crippen LogP contribution in [0.2, 0.25) is 0 Å². The summed E-state index contributed by atoms with van der Waals surface area (Å²) in [5, 5.41) is 0. The summed E-state index contributed by atoms with van der Waals surface area (Å²) in [4.78, 5) is 9.62. The van der Waals surface area contributed by atoms with Crippen LogP contribution in [0.1, 0.15) is 11.3 Å². The molecule has 0 bridgehead atoms. The molecule has 0 aliphatic carbocycles. The predicted molar refractivity (Wildman–Crippen MR) is 74.4 cm³/mol. The van der Waals surface area contributed by atoms with Crippen LogP contribution in [0, 0.1) is 6.92 Å². The Morgan fingerprint density at radius 1 is 1.32 bits per heavy atom. The van der Waals surface area contributed by atoms with E-state index in [2.05, 4.69) is 16.0 Å². The van der Waals surface area contributed by atoms with Gasteiger partial charge in [0.1, 0.15) is 17.9 Å². The van der Waals surface area contributed by atoms with Gasteiger partial charge in [0, 0.05) is 29.2 Å². The maximum atomic E-state index is 5.27. The van der Waals surface area contributed by atoms with Gasteiger partial charge in [0.2, 0.25) is 0 Å². The van der Waals surface area contributed by atoms with E-state index in [-0.39, 0.29) is 0 Å². The van der Waals surface area contributed by atoms with E-state index in [0.717, 1.165) is 17.3 Å².